The molecule has 20 heavy (non-hydrogen) atoms. The van der Waals surface area contributed by atoms with Gasteiger partial charge in [-0.3, -0.25) is 14.9 Å². The van der Waals surface area contributed by atoms with Gasteiger partial charge in [0.15, 0.2) is 0 Å². The molecule has 3 atom stereocenters. The Balaban J connectivity index is 1.72. The van der Waals surface area contributed by atoms with Crippen LogP contribution in [0.25, 0.3) is 0 Å². The van der Waals surface area contributed by atoms with E-state index in [0.717, 1.165) is 12.3 Å². The summed E-state index contributed by atoms with van der Waals surface area (Å²) in [5, 5.41) is 13.8. The van der Waals surface area contributed by atoms with Crippen molar-refractivity contribution in [2.45, 2.75) is 31.7 Å². The Hall–Kier alpha value is -1.62. The molecular weight excluding hydrogens is 280 g/mol. The molecule has 1 aromatic carbocycles. The predicted molar refractivity (Wildman–Crippen MR) is 74.8 cm³/mol. The van der Waals surface area contributed by atoms with E-state index < -0.39 is 4.92 Å². The summed E-state index contributed by atoms with van der Waals surface area (Å²) in [7, 11) is 0. The molecule has 2 fully saturated rings. The van der Waals surface area contributed by atoms with Crippen molar-refractivity contribution in [3.8, 4) is 0 Å². The van der Waals surface area contributed by atoms with Crippen LogP contribution >= 0.6 is 11.6 Å². The lowest BCUT2D eigenvalue weighted by Gasteiger charge is -2.23. The fraction of sp³-hybridized carbons (Fsp3) is 0.500. The third-order valence-corrected chi connectivity index (χ3v) is 4.78. The van der Waals surface area contributed by atoms with Crippen LogP contribution in [0.1, 0.15) is 36.0 Å². The van der Waals surface area contributed by atoms with Crippen LogP contribution in [0.3, 0.4) is 0 Å². The molecule has 5 nitrogen and oxygen atoms in total. The standard InChI is InChI=1S/C14H15ClN2O3/c15-12-7-10(17(19)20)3-4-11(12)14(18)16-13-6-8-1-2-9(13)5-8/h3-4,7-9,13H,1-2,5-6H2,(H,16,18). The monoisotopic (exact) mass is 294 g/mol. The van der Waals surface area contributed by atoms with Crippen LogP contribution in [0.5, 0.6) is 0 Å². The highest BCUT2D eigenvalue weighted by atomic mass is 35.5. The number of halogens is 1. The maximum Gasteiger partial charge on any atom is 0.270 e. The number of carbonyl (C=O) groups excluding carboxylic acids is 1. The number of nitro benzene ring substituents is 1. The first-order valence-corrected chi connectivity index (χ1v) is 7.17. The Bertz CT molecular complexity index is 576. The van der Waals surface area contributed by atoms with Crippen molar-refractivity contribution in [3.05, 3.63) is 38.9 Å². The summed E-state index contributed by atoms with van der Waals surface area (Å²) in [6.07, 6.45) is 4.71. The van der Waals surface area contributed by atoms with E-state index in [1.807, 2.05) is 0 Å². The summed E-state index contributed by atoms with van der Waals surface area (Å²) >= 11 is 5.97. The first-order chi connectivity index (χ1) is 9.54. The molecule has 0 saturated heterocycles. The summed E-state index contributed by atoms with van der Waals surface area (Å²) in [5.74, 6) is 1.10. The zero-order valence-corrected chi connectivity index (χ0v) is 11.6. The highest BCUT2D eigenvalue weighted by Gasteiger charge is 2.40. The van der Waals surface area contributed by atoms with Crippen molar-refractivity contribution >= 4 is 23.2 Å². The lowest BCUT2D eigenvalue weighted by molar-refractivity contribution is -0.384. The summed E-state index contributed by atoms with van der Waals surface area (Å²) < 4.78 is 0. The van der Waals surface area contributed by atoms with Crippen LogP contribution in [-0.2, 0) is 0 Å². The normalized spacial score (nSPS) is 27.6. The number of benzene rings is 1. The van der Waals surface area contributed by atoms with Crippen molar-refractivity contribution in [1.82, 2.24) is 5.32 Å². The minimum atomic E-state index is -0.524. The van der Waals surface area contributed by atoms with Gasteiger partial charge in [0.1, 0.15) is 0 Å². The molecule has 106 valence electrons. The average molecular weight is 295 g/mol. The molecule has 0 heterocycles. The fourth-order valence-corrected chi connectivity index (χ4v) is 3.73. The molecule has 1 aromatic rings. The van der Waals surface area contributed by atoms with Crippen molar-refractivity contribution in [2.75, 3.05) is 0 Å². The molecule has 0 spiro atoms. The molecule has 1 N–H and O–H groups in total. The number of fused-ring (bicyclic) bond motifs is 2. The summed E-state index contributed by atoms with van der Waals surface area (Å²) in [6, 6.07) is 4.18. The largest absolute Gasteiger partial charge is 0.349 e. The summed E-state index contributed by atoms with van der Waals surface area (Å²) in [6.45, 7) is 0. The second-order valence-electron chi connectivity index (χ2n) is 5.68. The quantitative estimate of drug-likeness (QED) is 0.687. The molecule has 0 aliphatic heterocycles. The molecule has 2 saturated carbocycles. The van der Waals surface area contributed by atoms with Gasteiger partial charge in [0.25, 0.3) is 11.6 Å². The molecule has 1 amide bonds. The Labute approximate surface area is 121 Å². The van der Waals surface area contributed by atoms with E-state index in [9.17, 15) is 14.9 Å². The molecule has 6 heteroatoms. The van der Waals surface area contributed by atoms with Gasteiger partial charge in [0.2, 0.25) is 0 Å². The number of carbonyl (C=O) groups is 1. The van der Waals surface area contributed by atoms with E-state index in [0.29, 0.717) is 11.5 Å². The second kappa shape index (κ2) is 5.05. The Morgan fingerprint density at radius 2 is 2.15 bits per heavy atom. The third-order valence-electron chi connectivity index (χ3n) is 4.46. The van der Waals surface area contributed by atoms with Crippen molar-refractivity contribution in [3.63, 3.8) is 0 Å². The molecular formula is C14H15ClN2O3. The average Bonchev–Trinajstić information content (AvgIpc) is 3.00. The van der Waals surface area contributed by atoms with Crippen LogP contribution in [0.4, 0.5) is 5.69 Å². The van der Waals surface area contributed by atoms with Crippen LogP contribution in [0, 0.1) is 22.0 Å². The van der Waals surface area contributed by atoms with Gasteiger partial charge in [-0.25, -0.2) is 0 Å². The highest BCUT2D eigenvalue weighted by Crippen LogP contribution is 2.44. The van der Waals surface area contributed by atoms with E-state index in [1.165, 1.54) is 37.5 Å². The Morgan fingerprint density at radius 3 is 2.70 bits per heavy atom. The SMILES string of the molecule is O=C(NC1CC2CCC1C2)c1ccc([N+](=O)[O-])cc1Cl. The van der Waals surface area contributed by atoms with E-state index >= 15 is 0 Å². The van der Waals surface area contributed by atoms with E-state index in [1.54, 1.807) is 0 Å². The third kappa shape index (κ3) is 2.38. The minimum Gasteiger partial charge on any atom is -0.349 e. The van der Waals surface area contributed by atoms with Crippen LogP contribution in [0.15, 0.2) is 18.2 Å². The number of rotatable bonds is 3. The first kappa shape index (κ1) is 13.4. The molecule has 3 rings (SSSR count). The maximum atomic E-state index is 12.2. The van der Waals surface area contributed by atoms with Gasteiger partial charge in [0.05, 0.1) is 15.5 Å². The number of nitrogens with one attached hydrogen (secondary N) is 1. The molecule has 2 aliphatic rings. The van der Waals surface area contributed by atoms with Gasteiger partial charge in [-0.1, -0.05) is 18.0 Å². The maximum absolute atomic E-state index is 12.2. The van der Waals surface area contributed by atoms with E-state index in [2.05, 4.69) is 5.32 Å². The summed E-state index contributed by atoms with van der Waals surface area (Å²) in [5.41, 5.74) is 0.200. The van der Waals surface area contributed by atoms with Crippen molar-refractivity contribution in [2.24, 2.45) is 11.8 Å². The van der Waals surface area contributed by atoms with Crippen LogP contribution in [-0.4, -0.2) is 16.9 Å². The minimum absolute atomic E-state index is 0.105. The van der Waals surface area contributed by atoms with Gasteiger partial charge in [-0.05, 0) is 37.2 Å². The van der Waals surface area contributed by atoms with Crippen LogP contribution < -0.4 is 5.32 Å². The van der Waals surface area contributed by atoms with E-state index in [-0.39, 0.29) is 22.7 Å². The molecule has 3 unspecified atom stereocenters. The van der Waals surface area contributed by atoms with E-state index in [4.69, 9.17) is 11.6 Å². The lowest BCUT2D eigenvalue weighted by Crippen LogP contribution is -2.38. The molecule has 2 bridgehead atoms. The van der Waals surface area contributed by atoms with Crippen LogP contribution in [0.2, 0.25) is 5.02 Å². The van der Waals surface area contributed by atoms with Gasteiger partial charge in [-0.2, -0.15) is 0 Å². The number of amides is 1. The molecule has 2 aliphatic carbocycles. The highest BCUT2D eigenvalue weighted by molar-refractivity contribution is 6.34. The van der Waals surface area contributed by atoms with Gasteiger partial charge in [0, 0.05) is 18.2 Å². The number of nitro groups is 1. The topological polar surface area (TPSA) is 72.2 Å². The van der Waals surface area contributed by atoms with Gasteiger partial charge in [-0.15, -0.1) is 0 Å². The second-order valence-corrected chi connectivity index (χ2v) is 6.08. The number of hydrogen-bond donors (Lipinski definition) is 1. The number of nitrogens with zero attached hydrogens (tertiary/aromatic N) is 1. The summed E-state index contributed by atoms with van der Waals surface area (Å²) in [4.78, 5) is 22.3. The Kier molecular flexibility index (Phi) is 3.38. The predicted octanol–water partition coefficient (Wildman–Crippen LogP) is 3.17. The smallest absolute Gasteiger partial charge is 0.270 e. The molecule has 0 radical (unpaired) electrons. The zero-order chi connectivity index (χ0) is 14.3. The van der Waals surface area contributed by atoms with Crippen molar-refractivity contribution in [1.29, 1.82) is 0 Å². The lowest BCUT2D eigenvalue weighted by atomic mass is 9.95. The number of non-ortho nitro benzene ring substituents is 1. The Morgan fingerprint density at radius 1 is 1.35 bits per heavy atom. The van der Waals surface area contributed by atoms with Gasteiger partial charge >= 0.3 is 0 Å². The number of hydrogen-bond acceptors (Lipinski definition) is 3. The molecule has 0 aromatic heterocycles. The first-order valence-electron chi connectivity index (χ1n) is 6.79. The fourth-order valence-electron chi connectivity index (χ4n) is 3.47. The van der Waals surface area contributed by atoms with Gasteiger partial charge < -0.3 is 5.32 Å². The zero-order valence-electron chi connectivity index (χ0n) is 10.8. The van der Waals surface area contributed by atoms with Crippen molar-refractivity contribution < 1.29 is 9.72 Å².